The zero-order valence-corrected chi connectivity index (χ0v) is 25.5. The van der Waals surface area contributed by atoms with E-state index in [-0.39, 0.29) is 33.3 Å². The third-order valence-corrected chi connectivity index (χ3v) is 10.2. The Balaban J connectivity index is 1.34. The number of amides is 2. The molecule has 0 saturated carbocycles. The number of anilines is 1. The van der Waals surface area contributed by atoms with Crippen LogP contribution in [0.25, 0.3) is 0 Å². The first-order chi connectivity index (χ1) is 20.1. The van der Waals surface area contributed by atoms with Crippen molar-refractivity contribution in [1.82, 2.24) is 14.5 Å². The second kappa shape index (κ2) is 13.2. The number of nitrogens with zero attached hydrogens (tertiary/aromatic N) is 2. The van der Waals surface area contributed by atoms with Gasteiger partial charge in [-0.1, -0.05) is 35.7 Å². The summed E-state index contributed by atoms with van der Waals surface area (Å²) in [6.45, 7) is 2.04. The van der Waals surface area contributed by atoms with E-state index in [0.717, 1.165) is 37.8 Å². The molecule has 5 rings (SSSR count). The number of hydrogen-bond donors (Lipinski definition) is 2. The standard InChI is InChI=1S/C30H33Cl2FN4O4S/c1-36-16-13-21(29(36)20-5-11-25(32)26(33)17-20)19-34-30(38)35-27-18-24(42(39,40)37-14-3-2-4-15-37)10-12-28(27)41-23-8-6-22(31)7-9-23/h5-12,17-18,21,29H,2-4,13-16,19H2,1H3,(H2,34,35,38). The van der Waals surface area contributed by atoms with Crippen molar-refractivity contribution in [2.75, 3.05) is 38.5 Å². The number of benzene rings is 3. The molecular formula is C30H33Cl2FN4O4S. The second-order valence-corrected chi connectivity index (χ2v) is 13.4. The van der Waals surface area contributed by atoms with Crippen LogP contribution < -0.4 is 15.4 Å². The number of piperidine rings is 1. The largest absolute Gasteiger partial charge is 0.455 e. The maximum Gasteiger partial charge on any atom is 0.319 e. The Labute approximate surface area is 255 Å². The number of urea groups is 1. The highest BCUT2D eigenvalue weighted by Gasteiger charge is 2.34. The Hall–Kier alpha value is -2.89. The molecule has 0 spiro atoms. The van der Waals surface area contributed by atoms with Crippen molar-refractivity contribution in [3.63, 3.8) is 0 Å². The third kappa shape index (κ3) is 7.01. The molecule has 3 aromatic carbocycles. The Morgan fingerprint density at radius 3 is 2.45 bits per heavy atom. The first-order valence-corrected chi connectivity index (χ1v) is 16.1. The van der Waals surface area contributed by atoms with Crippen molar-refractivity contribution >= 4 is 44.9 Å². The highest BCUT2D eigenvalue weighted by atomic mass is 35.5. The van der Waals surface area contributed by atoms with Gasteiger partial charge in [-0.3, -0.25) is 4.90 Å². The topological polar surface area (TPSA) is 91.0 Å². The Morgan fingerprint density at radius 2 is 1.74 bits per heavy atom. The molecule has 2 unspecified atom stereocenters. The molecule has 2 heterocycles. The van der Waals surface area contributed by atoms with E-state index >= 15 is 0 Å². The Bertz CT molecular complexity index is 1530. The van der Waals surface area contributed by atoms with Gasteiger partial charge in [-0.2, -0.15) is 4.31 Å². The molecule has 8 nitrogen and oxygen atoms in total. The summed E-state index contributed by atoms with van der Waals surface area (Å²) in [4.78, 5) is 15.4. The zero-order valence-electron chi connectivity index (χ0n) is 23.2. The van der Waals surface area contributed by atoms with Gasteiger partial charge in [0.15, 0.2) is 5.75 Å². The van der Waals surface area contributed by atoms with Crippen LogP contribution in [0.15, 0.2) is 65.6 Å². The fourth-order valence-corrected chi connectivity index (χ4v) is 7.38. The highest BCUT2D eigenvalue weighted by Crippen LogP contribution is 2.37. The molecule has 0 bridgehead atoms. The molecule has 0 aliphatic carbocycles. The number of sulfonamides is 1. The van der Waals surface area contributed by atoms with Gasteiger partial charge in [-0.15, -0.1) is 0 Å². The molecule has 2 aliphatic heterocycles. The van der Waals surface area contributed by atoms with Crippen LogP contribution in [-0.2, 0) is 10.0 Å². The summed E-state index contributed by atoms with van der Waals surface area (Å²) in [7, 11) is -1.78. The predicted molar refractivity (Wildman–Crippen MR) is 162 cm³/mol. The first-order valence-electron chi connectivity index (χ1n) is 13.9. The molecule has 2 fully saturated rings. The number of carbonyl (C=O) groups excluding carboxylic acids is 1. The van der Waals surface area contributed by atoms with Gasteiger partial charge in [0.2, 0.25) is 10.0 Å². The molecule has 3 aromatic rings. The zero-order chi connectivity index (χ0) is 29.9. The highest BCUT2D eigenvalue weighted by molar-refractivity contribution is 7.89. The molecular weight excluding hydrogens is 602 g/mol. The van der Waals surface area contributed by atoms with Crippen LogP contribution in [0.1, 0.15) is 37.3 Å². The molecule has 224 valence electrons. The van der Waals surface area contributed by atoms with Gasteiger partial charge in [0, 0.05) is 30.7 Å². The van der Waals surface area contributed by atoms with Gasteiger partial charge in [-0.25, -0.2) is 17.6 Å². The van der Waals surface area contributed by atoms with Crippen LogP contribution in [0.3, 0.4) is 0 Å². The lowest BCUT2D eigenvalue weighted by atomic mass is 9.93. The second-order valence-electron chi connectivity index (χ2n) is 10.7. The smallest absolute Gasteiger partial charge is 0.319 e. The average molecular weight is 636 g/mol. The number of nitrogens with one attached hydrogen (secondary N) is 2. The lowest BCUT2D eigenvalue weighted by Gasteiger charge is -2.26. The van der Waals surface area contributed by atoms with Crippen molar-refractivity contribution in [2.45, 2.75) is 36.6 Å². The van der Waals surface area contributed by atoms with E-state index in [4.69, 9.17) is 27.9 Å². The minimum absolute atomic E-state index is 0.0249. The summed E-state index contributed by atoms with van der Waals surface area (Å²) in [6.07, 6.45) is 3.42. The number of likely N-dealkylation sites (tertiary alicyclic amines) is 1. The molecule has 42 heavy (non-hydrogen) atoms. The quantitative estimate of drug-likeness (QED) is 0.281. The molecule has 2 N–H and O–H groups in total. The maximum atomic E-state index is 14.2. The molecule has 2 aliphatic rings. The van der Waals surface area contributed by atoms with E-state index in [1.54, 1.807) is 36.4 Å². The van der Waals surface area contributed by atoms with Gasteiger partial charge < -0.3 is 15.4 Å². The van der Waals surface area contributed by atoms with Crippen molar-refractivity contribution < 1.29 is 22.3 Å². The molecule has 0 radical (unpaired) electrons. The summed E-state index contributed by atoms with van der Waals surface area (Å²) < 4.78 is 48.4. The number of ether oxygens (including phenoxy) is 1. The van der Waals surface area contributed by atoms with Crippen LogP contribution >= 0.6 is 23.2 Å². The number of halogens is 3. The van der Waals surface area contributed by atoms with Gasteiger partial charge in [0.1, 0.15) is 11.6 Å². The van der Waals surface area contributed by atoms with Crippen LogP contribution in [0.2, 0.25) is 10.0 Å². The maximum absolute atomic E-state index is 14.2. The van der Waals surface area contributed by atoms with E-state index < -0.39 is 21.9 Å². The minimum Gasteiger partial charge on any atom is -0.455 e. The Morgan fingerprint density at radius 1 is 1.00 bits per heavy atom. The van der Waals surface area contributed by atoms with Gasteiger partial charge >= 0.3 is 6.03 Å². The van der Waals surface area contributed by atoms with Crippen molar-refractivity contribution in [3.8, 4) is 11.5 Å². The van der Waals surface area contributed by atoms with Crippen LogP contribution in [0.5, 0.6) is 11.5 Å². The van der Waals surface area contributed by atoms with Gasteiger partial charge in [-0.05, 0) is 98.9 Å². The summed E-state index contributed by atoms with van der Waals surface area (Å²) in [5.41, 5.74) is 0.999. The fourth-order valence-electron chi connectivity index (χ4n) is 5.59. The summed E-state index contributed by atoms with van der Waals surface area (Å²) in [6, 6.07) is 15.3. The molecule has 12 heteroatoms. The van der Waals surface area contributed by atoms with Gasteiger partial charge in [0.05, 0.1) is 15.6 Å². The van der Waals surface area contributed by atoms with E-state index in [2.05, 4.69) is 15.5 Å². The summed E-state index contributed by atoms with van der Waals surface area (Å²) >= 11 is 11.9. The lowest BCUT2D eigenvalue weighted by molar-refractivity contribution is 0.243. The van der Waals surface area contributed by atoms with E-state index in [0.29, 0.717) is 30.4 Å². The number of rotatable bonds is 8. The third-order valence-electron chi connectivity index (χ3n) is 7.78. The molecule has 2 atom stereocenters. The van der Waals surface area contributed by atoms with E-state index in [9.17, 15) is 17.6 Å². The van der Waals surface area contributed by atoms with Crippen molar-refractivity contribution in [1.29, 1.82) is 0 Å². The summed E-state index contributed by atoms with van der Waals surface area (Å²) in [5, 5.41) is 6.31. The first kappa shape index (κ1) is 30.6. The van der Waals surface area contributed by atoms with Crippen LogP contribution in [-0.4, -0.2) is 56.9 Å². The minimum atomic E-state index is -3.75. The van der Waals surface area contributed by atoms with Crippen molar-refractivity contribution in [2.24, 2.45) is 5.92 Å². The lowest BCUT2D eigenvalue weighted by Crippen LogP contribution is -2.36. The molecule has 2 saturated heterocycles. The summed E-state index contributed by atoms with van der Waals surface area (Å²) in [5.74, 6) is 0.296. The number of hydrogen-bond acceptors (Lipinski definition) is 5. The predicted octanol–water partition coefficient (Wildman–Crippen LogP) is 6.91. The van der Waals surface area contributed by atoms with E-state index in [1.165, 1.54) is 28.6 Å². The fraction of sp³-hybridized carbons (Fsp3) is 0.367. The normalized spacial score (nSPS) is 19.9. The number of carbonyl (C=O) groups is 1. The van der Waals surface area contributed by atoms with Crippen LogP contribution in [0.4, 0.5) is 14.9 Å². The van der Waals surface area contributed by atoms with Crippen LogP contribution in [0, 0.1) is 11.7 Å². The van der Waals surface area contributed by atoms with E-state index in [1.807, 2.05) is 7.05 Å². The molecule has 2 amide bonds. The van der Waals surface area contributed by atoms with Gasteiger partial charge in [0.25, 0.3) is 0 Å². The Kier molecular flexibility index (Phi) is 9.59. The molecule has 0 aromatic heterocycles. The monoisotopic (exact) mass is 634 g/mol. The average Bonchev–Trinajstić information content (AvgIpc) is 3.35. The van der Waals surface area contributed by atoms with Crippen molar-refractivity contribution in [3.05, 3.63) is 82.1 Å². The SMILES string of the molecule is CN1CCC(CNC(=O)Nc2cc(S(=O)(=O)N3CCCCC3)ccc2Oc2ccc(Cl)cc2)C1c1ccc(Cl)c(F)c1.